The summed E-state index contributed by atoms with van der Waals surface area (Å²) in [7, 11) is 1.83. The van der Waals surface area contributed by atoms with Gasteiger partial charge in [-0.25, -0.2) is 4.99 Å². The quantitative estimate of drug-likeness (QED) is 0.629. The molecule has 1 aromatic carbocycles. The second-order valence-corrected chi connectivity index (χ2v) is 8.26. The van der Waals surface area contributed by atoms with E-state index in [1.807, 2.05) is 7.11 Å². The third-order valence-corrected chi connectivity index (χ3v) is 6.79. The number of hydrogen-bond acceptors (Lipinski definition) is 3. The molecular weight excluding hydrogens is 324 g/mol. The van der Waals surface area contributed by atoms with Gasteiger partial charge in [-0.2, -0.15) is 0 Å². The van der Waals surface area contributed by atoms with E-state index in [4.69, 9.17) is 15.5 Å². The topological polar surface area (TPSA) is 62.9 Å². The Balaban J connectivity index is 1.24. The number of methoxy groups -OCH3 is 1. The summed E-state index contributed by atoms with van der Waals surface area (Å²) in [6.45, 7) is 3.26. The van der Waals surface area contributed by atoms with Gasteiger partial charge in [-0.15, -0.1) is 0 Å². The van der Waals surface area contributed by atoms with Crippen LogP contribution < -0.4 is 11.1 Å². The summed E-state index contributed by atoms with van der Waals surface area (Å²) in [4.78, 5) is 7.35. The summed E-state index contributed by atoms with van der Waals surface area (Å²) in [6.07, 6.45) is 7.45. The molecular formula is C21H32N4O. The lowest BCUT2D eigenvalue weighted by Crippen LogP contribution is -2.61. The van der Waals surface area contributed by atoms with Gasteiger partial charge in [-0.05, 0) is 37.7 Å². The van der Waals surface area contributed by atoms with Crippen LogP contribution >= 0.6 is 0 Å². The number of piperidine rings is 1. The minimum Gasteiger partial charge on any atom is -0.381 e. The number of hydrogen-bond donors (Lipinski definition) is 2. The molecule has 0 bridgehead atoms. The number of likely N-dealkylation sites (tertiary alicyclic amines) is 1. The Hall–Kier alpha value is -1.59. The van der Waals surface area contributed by atoms with E-state index in [0.29, 0.717) is 29.6 Å². The molecule has 3 fully saturated rings. The highest BCUT2D eigenvalue weighted by Gasteiger charge is 2.59. The van der Waals surface area contributed by atoms with E-state index in [0.717, 1.165) is 38.9 Å². The molecule has 5 heteroatoms. The smallest absolute Gasteiger partial charge is 0.189 e. The predicted octanol–water partition coefficient (Wildman–Crippen LogP) is 2.51. The van der Waals surface area contributed by atoms with Crippen molar-refractivity contribution in [1.29, 1.82) is 0 Å². The largest absolute Gasteiger partial charge is 0.381 e. The summed E-state index contributed by atoms with van der Waals surface area (Å²) in [5, 5.41) is 3.48. The highest BCUT2D eigenvalue weighted by Crippen LogP contribution is 2.58. The van der Waals surface area contributed by atoms with E-state index in [2.05, 4.69) is 40.5 Å². The van der Waals surface area contributed by atoms with Gasteiger partial charge in [0, 0.05) is 38.2 Å². The van der Waals surface area contributed by atoms with Crippen LogP contribution in [0, 0.1) is 5.41 Å². The van der Waals surface area contributed by atoms with Crippen molar-refractivity contribution in [1.82, 2.24) is 10.2 Å². The first-order valence-electron chi connectivity index (χ1n) is 10.1. The number of nitrogens with one attached hydrogen (secondary N) is 1. The molecule has 0 amide bonds. The number of nitrogens with two attached hydrogens (primary N) is 1. The average Bonchev–Trinajstić information content (AvgIpc) is 2.59. The summed E-state index contributed by atoms with van der Waals surface area (Å²) < 4.78 is 5.63. The molecule has 0 radical (unpaired) electrons. The van der Waals surface area contributed by atoms with Crippen LogP contribution in [0.3, 0.4) is 0 Å². The fourth-order valence-corrected chi connectivity index (χ4v) is 4.97. The number of benzene rings is 1. The zero-order valence-electron chi connectivity index (χ0n) is 15.9. The molecule has 26 heavy (non-hydrogen) atoms. The first-order chi connectivity index (χ1) is 12.7. The predicted molar refractivity (Wildman–Crippen MR) is 105 cm³/mol. The lowest BCUT2D eigenvalue weighted by molar-refractivity contribution is -0.150. The fraction of sp³-hybridized carbons (Fsp3) is 0.667. The molecule has 1 heterocycles. The Labute approximate surface area is 157 Å². The molecule has 0 aromatic heterocycles. The standard InChI is InChI=1S/C21H32N4O/c1-26-19-14-18(21(19)10-5-11-21)24-20(22)23-17-8-12-25(13-9-17)15-16-6-3-2-4-7-16/h2-4,6-7,17-19H,5,8-15H2,1H3,(H3,22,23,24). The molecule has 2 unspecified atom stereocenters. The monoisotopic (exact) mass is 356 g/mol. The Morgan fingerprint density at radius 3 is 2.62 bits per heavy atom. The van der Waals surface area contributed by atoms with Gasteiger partial charge in [0.05, 0.1) is 12.1 Å². The molecule has 1 aliphatic heterocycles. The molecule has 2 aliphatic carbocycles. The number of ether oxygens (including phenoxy) is 1. The molecule has 2 saturated carbocycles. The molecule has 5 nitrogen and oxygen atoms in total. The Kier molecular flexibility index (Phi) is 5.18. The third kappa shape index (κ3) is 3.47. The van der Waals surface area contributed by atoms with E-state index in [1.165, 1.54) is 24.8 Å². The van der Waals surface area contributed by atoms with Crippen molar-refractivity contribution >= 4 is 5.96 Å². The number of aliphatic imine (C=N–C) groups is 1. The lowest BCUT2D eigenvalue weighted by Gasteiger charge is -2.59. The first-order valence-corrected chi connectivity index (χ1v) is 10.1. The summed E-state index contributed by atoms with van der Waals surface area (Å²) in [6, 6.07) is 11.5. The maximum atomic E-state index is 6.24. The van der Waals surface area contributed by atoms with Gasteiger partial charge in [0.2, 0.25) is 0 Å². The maximum absolute atomic E-state index is 6.24. The number of rotatable bonds is 5. The van der Waals surface area contributed by atoms with E-state index < -0.39 is 0 Å². The average molecular weight is 357 g/mol. The van der Waals surface area contributed by atoms with Crippen molar-refractivity contribution in [2.45, 2.75) is 63.3 Å². The van der Waals surface area contributed by atoms with E-state index in [9.17, 15) is 0 Å². The second-order valence-electron chi connectivity index (χ2n) is 8.26. The Morgan fingerprint density at radius 1 is 1.27 bits per heavy atom. The third-order valence-electron chi connectivity index (χ3n) is 6.79. The van der Waals surface area contributed by atoms with Crippen LogP contribution in [0.2, 0.25) is 0 Å². The van der Waals surface area contributed by atoms with E-state index in [-0.39, 0.29) is 0 Å². The molecule has 1 spiro atoms. The lowest BCUT2D eigenvalue weighted by atomic mass is 9.51. The van der Waals surface area contributed by atoms with Gasteiger partial charge in [0.1, 0.15) is 0 Å². The van der Waals surface area contributed by atoms with E-state index in [1.54, 1.807) is 0 Å². The van der Waals surface area contributed by atoms with Crippen molar-refractivity contribution in [2.24, 2.45) is 16.1 Å². The fourth-order valence-electron chi connectivity index (χ4n) is 4.97. The van der Waals surface area contributed by atoms with Crippen LogP contribution in [0.4, 0.5) is 0 Å². The second kappa shape index (κ2) is 7.57. The number of nitrogens with zero attached hydrogens (tertiary/aromatic N) is 2. The number of guanidine groups is 1. The van der Waals surface area contributed by atoms with Crippen LogP contribution in [-0.2, 0) is 11.3 Å². The van der Waals surface area contributed by atoms with Crippen LogP contribution in [0.1, 0.15) is 44.1 Å². The molecule has 3 aliphatic rings. The molecule has 4 rings (SSSR count). The highest BCUT2D eigenvalue weighted by atomic mass is 16.5. The van der Waals surface area contributed by atoms with Crippen LogP contribution in [0.25, 0.3) is 0 Å². The maximum Gasteiger partial charge on any atom is 0.189 e. The summed E-state index contributed by atoms with van der Waals surface area (Å²) in [5.74, 6) is 0.636. The zero-order chi connectivity index (χ0) is 18.0. The van der Waals surface area contributed by atoms with Gasteiger partial charge in [0.25, 0.3) is 0 Å². The normalized spacial score (nSPS) is 29.2. The van der Waals surface area contributed by atoms with Gasteiger partial charge < -0.3 is 15.8 Å². The van der Waals surface area contributed by atoms with Crippen LogP contribution in [0.15, 0.2) is 35.3 Å². The van der Waals surface area contributed by atoms with Crippen molar-refractivity contribution in [3.8, 4) is 0 Å². The minimum atomic E-state index is 0.292. The molecule has 3 N–H and O–H groups in total. The van der Waals surface area contributed by atoms with Gasteiger partial charge >= 0.3 is 0 Å². The van der Waals surface area contributed by atoms with Crippen molar-refractivity contribution in [2.75, 3.05) is 20.2 Å². The van der Waals surface area contributed by atoms with Crippen LogP contribution in [0.5, 0.6) is 0 Å². The minimum absolute atomic E-state index is 0.292. The SMILES string of the molecule is COC1CC(N=C(N)NC2CCN(Cc3ccccc3)CC2)C12CCC2. The van der Waals surface area contributed by atoms with Crippen LogP contribution in [-0.4, -0.2) is 49.2 Å². The summed E-state index contributed by atoms with van der Waals surface area (Å²) in [5.41, 5.74) is 7.93. The Bertz CT molecular complexity index is 620. The van der Waals surface area contributed by atoms with Crippen molar-refractivity contribution in [3.63, 3.8) is 0 Å². The first kappa shape index (κ1) is 17.8. The van der Waals surface area contributed by atoms with Gasteiger partial charge in [-0.1, -0.05) is 36.8 Å². The molecule has 142 valence electrons. The Morgan fingerprint density at radius 2 is 2.00 bits per heavy atom. The van der Waals surface area contributed by atoms with Gasteiger partial charge in [0.15, 0.2) is 5.96 Å². The van der Waals surface area contributed by atoms with Crippen molar-refractivity contribution in [3.05, 3.63) is 35.9 Å². The van der Waals surface area contributed by atoms with Crippen molar-refractivity contribution < 1.29 is 4.74 Å². The highest BCUT2D eigenvalue weighted by molar-refractivity contribution is 5.78. The molecule has 1 saturated heterocycles. The molecule has 2 atom stereocenters. The summed E-state index contributed by atoms with van der Waals surface area (Å²) >= 11 is 0. The van der Waals surface area contributed by atoms with Gasteiger partial charge in [-0.3, -0.25) is 4.90 Å². The zero-order valence-corrected chi connectivity index (χ0v) is 15.9. The van der Waals surface area contributed by atoms with E-state index >= 15 is 0 Å². The molecule has 1 aromatic rings.